The Hall–Kier alpha value is -1.76. The largest absolute Gasteiger partial charge is 0.493 e. The Bertz CT molecular complexity index is 574. The molecule has 2 heterocycles. The van der Waals surface area contributed by atoms with Gasteiger partial charge >= 0.3 is 0 Å². The van der Waals surface area contributed by atoms with Crippen LogP contribution in [0, 0.1) is 11.8 Å². The maximum Gasteiger partial charge on any atom is 0.203 e. The minimum absolute atomic E-state index is 0.0301. The van der Waals surface area contributed by atoms with Crippen molar-refractivity contribution in [3.63, 3.8) is 0 Å². The van der Waals surface area contributed by atoms with Gasteiger partial charge in [0.2, 0.25) is 5.75 Å². The van der Waals surface area contributed by atoms with Crippen molar-refractivity contribution in [2.45, 2.75) is 18.3 Å². The average molecular weight is 322 g/mol. The fourth-order valence-corrected chi connectivity index (χ4v) is 3.55. The smallest absolute Gasteiger partial charge is 0.203 e. The normalized spacial score (nSPS) is 29.6. The minimum Gasteiger partial charge on any atom is -0.493 e. The Balaban J connectivity index is 1.96. The zero-order valence-electron chi connectivity index (χ0n) is 13.4. The summed E-state index contributed by atoms with van der Waals surface area (Å²) in [6.07, 6.45) is 2.77. The van der Waals surface area contributed by atoms with Crippen molar-refractivity contribution < 1.29 is 29.2 Å². The monoisotopic (exact) mass is 322 g/mol. The summed E-state index contributed by atoms with van der Waals surface area (Å²) >= 11 is 0. The highest BCUT2D eigenvalue weighted by Gasteiger charge is 2.49. The van der Waals surface area contributed by atoms with Crippen LogP contribution in [0.4, 0.5) is 0 Å². The molecule has 1 aromatic rings. The van der Waals surface area contributed by atoms with Crippen LogP contribution in [-0.4, -0.2) is 50.4 Å². The molecule has 0 saturated carbocycles. The van der Waals surface area contributed by atoms with E-state index in [1.807, 2.05) is 12.2 Å². The molecule has 1 fully saturated rings. The van der Waals surface area contributed by atoms with Crippen LogP contribution in [-0.2, 0) is 4.74 Å². The fourth-order valence-electron chi connectivity index (χ4n) is 3.55. The van der Waals surface area contributed by atoms with Gasteiger partial charge in [0, 0.05) is 18.4 Å². The second-order valence-corrected chi connectivity index (χ2v) is 5.78. The van der Waals surface area contributed by atoms with E-state index >= 15 is 0 Å². The van der Waals surface area contributed by atoms with Gasteiger partial charge < -0.3 is 29.2 Å². The summed E-state index contributed by atoms with van der Waals surface area (Å²) in [6.45, 7) is -0.0301. The molecule has 3 rings (SSSR count). The Morgan fingerprint density at radius 2 is 1.65 bits per heavy atom. The molecule has 2 aliphatic heterocycles. The summed E-state index contributed by atoms with van der Waals surface area (Å²) in [5.74, 6) is 1.12. The van der Waals surface area contributed by atoms with Crippen LogP contribution in [0.15, 0.2) is 24.3 Å². The lowest BCUT2D eigenvalue weighted by molar-refractivity contribution is 0.0461. The number of methoxy groups -OCH3 is 3. The second-order valence-electron chi connectivity index (χ2n) is 5.78. The van der Waals surface area contributed by atoms with E-state index in [1.165, 1.54) is 21.3 Å². The average Bonchev–Trinajstić information content (AvgIpc) is 3.20. The highest BCUT2D eigenvalue weighted by molar-refractivity contribution is 5.54. The SMILES string of the molecule is COc1cc([C@@H](O)[C@@H]2[C@H](CO)[C@H]3C=C[C@@H]2O3)cc(OC)c1OC. The van der Waals surface area contributed by atoms with E-state index < -0.39 is 6.10 Å². The predicted molar refractivity (Wildman–Crippen MR) is 82.9 cm³/mol. The van der Waals surface area contributed by atoms with Crippen molar-refractivity contribution in [2.75, 3.05) is 27.9 Å². The van der Waals surface area contributed by atoms with Crippen molar-refractivity contribution in [3.05, 3.63) is 29.8 Å². The topological polar surface area (TPSA) is 77.4 Å². The number of aliphatic hydroxyl groups is 2. The third-order valence-electron chi connectivity index (χ3n) is 4.70. The first-order valence-corrected chi connectivity index (χ1v) is 7.57. The van der Waals surface area contributed by atoms with Crippen molar-refractivity contribution >= 4 is 0 Å². The first kappa shape index (κ1) is 16.1. The van der Waals surface area contributed by atoms with E-state index in [0.29, 0.717) is 22.8 Å². The summed E-state index contributed by atoms with van der Waals surface area (Å²) in [5.41, 5.74) is 0.646. The van der Waals surface area contributed by atoms with Gasteiger partial charge in [-0.3, -0.25) is 0 Å². The van der Waals surface area contributed by atoms with Crippen LogP contribution in [0.2, 0.25) is 0 Å². The van der Waals surface area contributed by atoms with Crippen LogP contribution >= 0.6 is 0 Å². The molecular weight excluding hydrogens is 300 g/mol. The summed E-state index contributed by atoms with van der Waals surface area (Å²) in [7, 11) is 4.60. The molecule has 0 unspecified atom stereocenters. The predicted octanol–water partition coefficient (Wildman–Crippen LogP) is 1.31. The fraction of sp³-hybridized carbons (Fsp3) is 0.529. The third kappa shape index (κ3) is 2.56. The van der Waals surface area contributed by atoms with E-state index in [0.717, 1.165) is 0 Å². The molecule has 0 amide bonds. The highest BCUT2D eigenvalue weighted by Crippen LogP contribution is 2.47. The van der Waals surface area contributed by atoms with Gasteiger partial charge in [-0.2, -0.15) is 0 Å². The van der Waals surface area contributed by atoms with Gasteiger partial charge in [0.15, 0.2) is 11.5 Å². The molecule has 6 heteroatoms. The lowest BCUT2D eigenvalue weighted by atomic mass is 9.78. The molecule has 5 atom stereocenters. The Labute approximate surface area is 135 Å². The van der Waals surface area contributed by atoms with Crippen LogP contribution in [0.25, 0.3) is 0 Å². The van der Waals surface area contributed by atoms with E-state index in [2.05, 4.69) is 0 Å². The molecule has 2 bridgehead atoms. The summed E-state index contributed by atoms with van der Waals surface area (Å²) in [6, 6.07) is 3.46. The van der Waals surface area contributed by atoms with E-state index in [1.54, 1.807) is 12.1 Å². The summed E-state index contributed by atoms with van der Waals surface area (Å²) in [5, 5.41) is 20.5. The third-order valence-corrected chi connectivity index (χ3v) is 4.70. The van der Waals surface area contributed by atoms with Crippen molar-refractivity contribution in [1.29, 1.82) is 0 Å². The molecule has 0 aliphatic carbocycles. The number of aliphatic hydroxyl groups excluding tert-OH is 2. The van der Waals surface area contributed by atoms with Gasteiger partial charge in [-0.1, -0.05) is 12.2 Å². The molecule has 1 saturated heterocycles. The number of hydrogen-bond donors (Lipinski definition) is 2. The zero-order chi connectivity index (χ0) is 16.6. The number of hydrogen-bond acceptors (Lipinski definition) is 6. The van der Waals surface area contributed by atoms with Crippen LogP contribution in [0.3, 0.4) is 0 Å². The molecule has 0 radical (unpaired) electrons. The molecule has 0 aromatic heterocycles. The molecule has 23 heavy (non-hydrogen) atoms. The number of ether oxygens (including phenoxy) is 4. The summed E-state index contributed by atoms with van der Waals surface area (Å²) < 4.78 is 21.7. The van der Waals surface area contributed by atoms with Gasteiger partial charge in [-0.25, -0.2) is 0 Å². The number of rotatable bonds is 6. The highest BCUT2D eigenvalue weighted by atomic mass is 16.5. The van der Waals surface area contributed by atoms with Gasteiger partial charge in [0.1, 0.15) is 0 Å². The molecule has 0 spiro atoms. The Morgan fingerprint density at radius 3 is 2.17 bits per heavy atom. The van der Waals surface area contributed by atoms with E-state index in [-0.39, 0.29) is 30.7 Å². The molecule has 2 aliphatic rings. The second kappa shape index (κ2) is 6.39. The van der Waals surface area contributed by atoms with Crippen LogP contribution in [0.1, 0.15) is 11.7 Å². The van der Waals surface area contributed by atoms with E-state index in [9.17, 15) is 10.2 Å². The van der Waals surface area contributed by atoms with Crippen LogP contribution in [0.5, 0.6) is 17.2 Å². The Kier molecular flexibility index (Phi) is 4.48. The maximum absolute atomic E-state index is 10.9. The van der Waals surface area contributed by atoms with Crippen molar-refractivity contribution in [3.8, 4) is 17.2 Å². The molecule has 1 aromatic carbocycles. The first-order valence-electron chi connectivity index (χ1n) is 7.57. The minimum atomic E-state index is -0.805. The molecule has 2 N–H and O–H groups in total. The maximum atomic E-state index is 10.9. The van der Waals surface area contributed by atoms with Gasteiger partial charge in [-0.05, 0) is 17.7 Å². The van der Waals surface area contributed by atoms with Crippen molar-refractivity contribution in [1.82, 2.24) is 0 Å². The van der Waals surface area contributed by atoms with E-state index in [4.69, 9.17) is 18.9 Å². The number of fused-ring (bicyclic) bond motifs is 2. The Morgan fingerprint density at radius 1 is 1.04 bits per heavy atom. The molecule has 126 valence electrons. The first-order chi connectivity index (χ1) is 11.1. The molecule has 6 nitrogen and oxygen atoms in total. The zero-order valence-corrected chi connectivity index (χ0v) is 13.4. The summed E-state index contributed by atoms with van der Waals surface area (Å²) in [4.78, 5) is 0. The van der Waals surface area contributed by atoms with Crippen LogP contribution < -0.4 is 14.2 Å². The van der Waals surface area contributed by atoms with Gasteiger partial charge in [0.25, 0.3) is 0 Å². The van der Waals surface area contributed by atoms with Gasteiger partial charge in [0.05, 0.1) is 39.6 Å². The number of benzene rings is 1. The molecular formula is C17H22O6. The lowest BCUT2D eigenvalue weighted by Gasteiger charge is -2.29. The lowest BCUT2D eigenvalue weighted by Crippen LogP contribution is -2.32. The quantitative estimate of drug-likeness (QED) is 0.769. The van der Waals surface area contributed by atoms with Gasteiger partial charge in [-0.15, -0.1) is 0 Å². The standard InChI is InChI=1S/C17H22O6/c1-20-13-6-9(7-14(21-2)17(13)22-3)16(19)15-10(8-18)11-4-5-12(15)23-11/h4-7,10-12,15-16,18-19H,8H2,1-3H3/t10-,11-,12+,15-,16-/m1/s1. The van der Waals surface area contributed by atoms with Crippen molar-refractivity contribution in [2.24, 2.45) is 11.8 Å².